The smallest absolute Gasteiger partial charge is 0.318 e. The number of pyridine rings is 1. The van der Waals surface area contributed by atoms with Crippen LogP contribution in [0.5, 0.6) is 11.8 Å². The fourth-order valence-electron chi connectivity index (χ4n) is 5.26. The maximum Gasteiger partial charge on any atom is 0.318 e. The summed E-state index contributed by atoms with van der Waals surface area (Å²) in [6, 6.07) is 10.2. The molecule has 180 valence electrons. The predicted octanol–water partition coefficient (Wildman–Crippen LogP) is 2.18. The van der Waals surface area contributed by atoms with E-state index in [1.165, 1.54) is 24.8 Å². The van der Waals surface area contributed by atoms with E-state index in [1.54, 1.807) is 6.07 Å². The van der Waals surface area contributed by atoms with Gasteiger partial charge in [0.25, 0.3) is 5.56 Å². The molecule has 2 N–H and O–H groups in total. The quantitative estimate of drug-likeness (QED) is 0.463. The van der Waals surface area contributed by atoms with Gasteiger partial charge in [0.15, 0.2) is 5.82 Å². The van der Waals surface area contributed by atoms with Gasteiger partial charge in [-0.2, -0.15) is 9.97 Å². The number of aromatic nitrogens is 3. The average molecular weight is 477 g/mol. The first-order chi connectivity index (χ1) is 17.0. The highest BCUT2D eigenvalue weighted by Crippen LogP contribution is 2.37. The number of phenolic OH excluding ortho intramolecular Hbond substituents is 1. The topological polar surface area (TPSA) is 102 Å². The van der Waals surface area contributed by atoms with E-state index in [1.807, 2.05) is 29.2 Å². The minimum Gasteiger partial charge on any atom is -0.508 e. The van der Waals surface area contributed by atoms with E-state index in [2.05, 4.69) is 15.3 Å². The van der Waals surface area contributed by atoms with Crippen molar-refractivity contribution in [3.05, 3.63) is 52.6 Å². The Morgan fingerprint density at radius 2 is 1.91 bits per heavy atom. The zero-order chi connectivity index (χ0) is 24.3. The standard InChI is InChI=1S/C25H24FN5O4/c1-30-22(18-8-16(32)7-13-5-3-4-6-17(13)18)20(26)21-19(24(30)33)23(29-25(28-21)34-2)31-14-9-27-10-15(31)12-35-11-14/h3-8,14-15,27,32H,9-12H2,1-2H3. The van der Waals surface area contributed by atoms with Crippen molar-refractivity contribution in [2.45, 2.75) is 12.1 Å². The van der Waals surface area contributed by atoms with Crippen molar-refractivity contribution in [1.82, 2.24) is 19.9 Å². The Kier molecular flexibility index (Phi) is 5.08. The van der Waals surface area contributed by atoms with Gasteiger partial charge < -0.3 is 29.4 Å². The van der Waals surface area contributed by atoms with Gasteiger partial charge in [0, 0.05) is 25.7 Å². The number of morpholine rings is 1. The number of phenols is 1. The number of hydrogen-bond donors (Lipinski definition) is 2. The number of methoxy groups -OCH3 is 1. The van der Waals surface area contributed by atoms with Crippen LogP contribution in [-0.2, 0) is 11.8 Å². The third-order valence-electron chi connectivity index (χ3n) is 6.84. The minimum atomic E-state index is -0.684. The van der Waals surface area contributed by atoms with Crippen LogP contribution in [0.15, 0.2) is 41.2 Å². The summed E-state index contributed by atoms with van der Waals surface area (Å²) >= 11 is 0. The number of aromatic hydroxyl groups is 1. The third kappa shape index (κ3) is 3.32. The van der Waals surface area contributed by atoms with Crippen LogP contribution in [0.2, 0.25) is 0 Å². The summed E-state index contributed by atoms with van der Waals surface area (Å²) < 4.78 is 28.7. The third-order valence-corrected chi connectivity index (χ3v) is 6.84. The number of piperazine rings is 1. The molecule has 6 rings (SSSR count). The fraction of sp³-hybridized carbons (Fsp3) is 0.320. The molecule has 0 spiro atoms. The minimum absolute atomic E-state index is 0.0242. The molecule has 0 radical (unpaired) electrons. The zero-order valence-electron chi connectivity index (χ0n) is 19.3. The highest BCUT2D eigenvalue weighted by Gasteiger charge is 2.38. The molecule has 2 aliphatic rings. The van der Waals surface area contributed by atoms with Crippen molar-refractivity contribution in [3.8, 4) is 23.0 Å². The first-order valence-electron chi connectivity index (χ1n) is 11.4. The summed E-state index contributed by atoms with van der Waals surface area (Å²) in [4.78, 5) is 24.7. The number of benzene rings is 2. The summed E-state index contributed by atoms with van der Waals surface area (Å²) in [7, 11) is 2.93. The van der Waals surface area contributed by atoms with Gasteiger partial charge in [0.05, 0.1) is 38.1 Å². The summed E-state index contributed by atoms with van der Waals surface area (Å²) in [5.74, 6) is -0.366. The molecule has 9 nitrogen and oxygen atoms in total. The van der Waals surface area contributed by atoms with Crippen molar-refractivity contribution in [2.75, 3.05) is 38.3 Å². The number of halogens is 1. The molecular formula is C25H24FN5O4. The Labute approximate surface area is 199 Å². The maximum absolute atomic E-state index is 16.4. The lowest BCUT2D eigenvalue weighted by molar-refractivity contribution is 0.0523. The largest absolute Gasteiger partial charge is 0.508 e. The van der Waals surface area contributed by atoms with Crippen LogP contribution < -0.4 is 20.5 Å². The molecule has 4 heterocycles. The molecule has 2 saturated heterocycles. The molecule has 0 saturated carbocycles. The molecule has 2 unspecified atom stereocenters. The van der Waals surface area contributed by atoms with Gasteiger partial charge in [-0.25, -0.2) is 4.39 Å². The van der Waals surface area contributed by atoms with Crippen LogP contribution >= 0.6 is 0 Å². The van der Waals surface area contributed by atoms with E-state index in [0.717, 1.165) is 5.39 Å². The van der Waals surface area contributed by atoms with Crippen LogP contribution in [0.25, 0.3) is 32.9 Å². The Morgan fingerprint density at radius 3 is 2.66 bits per heavy atom. The predicted molar refractivity (Wildman–Crippen MR) is 130 cm³/mol. The molecule has 35 heavy (non-hydrogen) atoms. The number of ether oxygens (including phenoxy) is 2. The molecule has 2 fully saturated rings. The molecule has 10 heteroatoms. The van der Waals surface area contributed by atoms with Gasteiger partial charge in [-0.3, -0.25) is 4.79 Å². The number of hydrogen-bond acceptors (Lipinski definition) is 8. The van der Waals surface area contributed by atoms with E-state index in [0.29, 0.717) is 43.1 Å². The van der Waals surface area contributed by atoms with Crippen LogP contribution in [0.3, 0.4) is 0 Å². The second kappa shape index (κ2) is 8.17. The lowest BCUT2D eigenvalue weighted by Gasteiger charge is -2.46. The normalized spacial score (nSPS) is 19.9. The monoisotopic (exact) mass is 477 g/mol. The number of rotatable bonds is 3. The molecule has 4 aromatic rings. The Balaban J connectivity index is 1.68. The van der Waals surface area contributed by atoms with Gasteiger partial charge in [-0.05, 0) is 22.9 Å². The van der Waals surface area contributed by atoms with E-state index in [4.69, 9.17) is 9.47 Å². The van der Waals surface area contributed by atoms with Crippen LogP contribution in [-0.4, -0.2) is 65.1 Å². The first kappa shape index (κ1) is 21.8. The number of nitrogens with one attached hydrogen (secondary N) is 1. The number of fused-ring (bicyclic) bond motifs is 4. The molecule has 2 aromatic heterocycles. The van der Waals surface area contributed by atoms with Crippen molar-refractivity contribution < 1.29 is 19.0 Å². The fourth-order valence-corrected chi connectivity index (χ4v) is 5.26. The molecule has 2 aromatic carbocycles. The second-order valence-corrected chi connectivity index (χ2v) is 8.91. The number of anilines is 1. The maximum atomic E-state index is 16.4. The Bertz CT molecular complexity index is 1520. The van der Waals surface area contributed by atoms with E-state index >= 15 is 4.39 Å². The molecule has 2 atom stereocenters. The summed E-state index contributed by atoms with van der Waals surface area (Å²) in [6.45, 7) is 2.24. The van der Waals surface area contributed by atoms with Gasteiger partial charge in [0.1, 0.15) is 22.5 Å². The van der Waals surface area contributed by atoms with Crippen molar-refractivity contribution in [3.63, 3.8) is 0 Å². The summed E-state index contributed by atoms with van der Waals surface area (Å²) in [5, 5.41) is 15.2. The lowest BCUT2D eigenvalue weighted by Crippen LogP contribution is -2.64. The van der Waals surface area contributed by atoms with Crippen LogP contribution in [0.4, 0.5) is 10.2 Å². The molecule has 0 aliphatic carbocycles. The van der Waals surface area contributed by atoms with Crippen molar-refractivity contribution in [1.29, 1.82) is 0 Å². The van der Waals surface area contributed by atoms with Crippen LogP contribution in [0.1, 0.15) is 0 Å². The number of nitrogens with zero attached hydrogens (tertiary/aromatic N) is 4. The van der Waals surface area contributed by atoms with E-state index < -0.39 is 11.4 Å². The zero-order valence-corrected chi connectivity index (χ0v) is 19.3. The Morgan fingerprint density at radius 1 is 1.17 bits per heavy atom. The van der Waals surface area contributed by atoms with E-state index in [-0.39, 0.29) is 40.4 Å². The van der Waals surface area contributed by atoms with Gasteiger partial charge >= 0.3 is 6.01 Å². The van der Waals surface area contributed by atoms with Crippen LogP contribution in [0, 0.1) is 5.82 Å². The highest BCUT2D eigenvalue weighted by atomic mass is 19.1. The van der Waals surface area contributed by atoms with Crippen molar-refractivity contribution in [2.24, 2.45) is 7.05 Å². The van der Waals surface area contributed by atoms with E-state index in [9.17, 15) is 9.90 Å². The molecule has 2 bridgehead atoms. The molecule has 2 aliphatic heterocycles. The molecule has 0 amide bonds. The van der Waals surface area contributed by atoms with Crippen molar-refractivity contribution >= 4 is 27.5 Å². The SMILES string of the molecule is COc1nc(N2C3CNCC2COC3)c2c(=O)n(C)c(-c3cc(O)cc4ccccc34)c(F)c2n1. The van der Waals surface area contributed by atoms with Gasteiger partial charge in [-0.1, -0.05) is 24.3 Å². The first-order valence-corrected chi connectivity index (χ1v) is 11.4. The average Bonchev–Trinajstić information content (AvgIpc) is 2.86. The van der Waals surface area contributed by atoms with Gasteiger partial charge in [0.2, 0.25) is 0 Å². The lowest BCUT2D eigenvalue weighted by atomic mass is 9.99. The molecular weight excluding hydrogens is 453 g/mol. The highest BCUT2D eigenvalue weighted by molar-refractivity contribution is 6.00. The second-order valence-electron chi connectivity index (χ2n) is 8.91. The summed E-state index contributed by atoms with van der Waals surface area (Å²) in [6.07, 6.45) is 0. The Hall–Kier alpha value is -3.76. The van der Waals surface area contributed by atoms with Gasteiger partial charge in [-0.15, -0.1) is 0 Å². The summed E-state index contributed by atoms with van der Waals surface area (Å²) in [5.41, 5.74) is -0.120.